The second kappa shape index (κ2) is 20.3. The van der Waals surface area contributed by atoms with Crippen LogP contribution in [-0.2, 0) is 55.6 Å². The fourth-order valence-electron chi connectivity index (χ4n) is 7.72. The van der Waals surface area contributed by atoms with Crippen molar-refractivity contribution in [1.82, 2.24) is 9.80 Å². The Morgan fingerprint density at radius 1 is 0.862 bits per heavy atom. The normalized spacial score (nSPS) is 13.6. The van der Waals surface area contributed by atoms with E-state index in [0.29, 0.717) is 47.7 Å². The first kappa shape index (κ1) is 44.4. The molecule has 0 fully saturated rings. The van der Waals surface area contributed by atoms with E-state index in [-0.39, 0.29) is 48.5 Å². The molecule has 310 valence electrons. The van der Waals surface area contributed by atoms with Crippen LogP contribution in [0.3, 0.4) is 0 Å². The molecule has 1 aromatic heterocycles. The van der Waals surface area contributed by atoms with E-state index in [9.17, 15) is 19.2 Å². The van der Waals surface area contributed by atoms with Gasteiger partial charge in [-0.25, -0.2) is 0 Å². The Morgan fingerprint density at radius 3 is 2.17 bits per heavy atom. The average Bonchev–Trinajstić information content (AvgIpc) is 3.58. The van der Waals surface area contributed by atoms with Crippen LogP contribution in [0.1, 0.15) is 108 Å². The summed E-state index contributed by atoms with van der Waals surface area (Å²) in [5.74, 6) is -2.86. The van der Waals surface area contributed by atoms with Gasteiger partial charge in [-0.3, -0.25) is 24.1 Å². The molecule has 0 radical (unpaired) electrons. The van der Waals surface area contributed by atoms with Crippen LogP contribution in [0.5, 0.6) is 0 Å². The maximum atomic E-state index is 14.7. The number of Topliss-reactive ketones (excluding diaryl/α,β-unsaturated/α-hetero) is 1. The van der Waals surface area contributed by atoms with E-state index in [2.05, 4.69) is 37.9 Å². The highest BCUT2D eigenvalue weighted by Crippen LogP contribution is 2.46. The molecule has 3 aromatic carbocycles. The minimum absolute atomic E-state index is 0.0233. The highest BCUT2D eigenvalue weighted by atomic mass is 32.1. The molecule has 5 rings (SSSR count). The summed E-state index contributed by atoms with van der Waals surface area (Å²) in [4.78, 5) is 59.3. The molecule has 1 aliphatic rings. The van der Waals surface area contributed by atoms with Crippen LogP contribution in [-0.4, -0.2) is 73.8 Å². The quantitative estimate of drug-likeness (QED) is 0.0536. The number of likely N-dealkylation sites (N-methyl/N-ethyl adjacent to an activating group) is 1. The summed E-state index contributed by atoms with van der Waals surface area (Å²) >= 11 is 1.46. The van der Waals surface area contributed by atoms with Crippen LogP contribution in [0.25, 0.3) is 0 Å². The molecule has 10 nitrogen and oxygen atoms in total. The molecular weight excluding hydrogens is 751 g/mol. The summed E-state index contributed by atoms with van der Waals surface area (Å²) < 4.78 is 17.1. The standard InChI is InChI=1S/C47H59N3O7S/c1-8-37(9-2)50(28-27-49(5)40(51)23-24-41(52)57-32-33-17-12-10-13-18-33)31-34-19-16-20-35(29-34)44(54)48-45-42(38-25-26-46(3,4)30-39(38)58-45)43(53)47(55-6,56-7)36-21-14-11-15-22-36/h10-22,29,37H,8-9,23-28,30-32H2,1-7H3,(H,48,54). The Bertz CT molecular complexity index is 2000. The van der Waals surface area contributed by atoms with E-state index in [1.807, 2.05) is 78.9 Å². The number of nitrogens with one attached hydrogen (secondary N) is 1. The lowest BCUT2D eigenvalue weighted by Gasteiger charge is -2.32. The number of amides is 2. The van der Waals surface area contributed by atoms with Crippen molar-refractivity contribution in [2.75, 3.05) is 39.7 Å². The van der Waals surface area contributed by atoms with Crippen LogP contribution < -0.4 is 5.32 Å². The number of nitrogens with zero attached hydrogens (tertiary/aromatic N) is 2. The fraction of sp³-hybridized carbons (Fsp3) is 0.447. The van der Waals surface area contributed by atoms with E-state index in [0.717, 1.165) is 47.3 Å². The van der Waals surface area contributed by atoms with Gasteiger partial charge in [-0.2, -0.15) is 0 Å². The molecule has 1 heterocycles. The fourth-order valence-corrected chi connectivity index (χ4v) is 9.22. The highest BCUT2D eigenvalue weighted by Gasteiger charge is 2.45. The number of anilines is 1. The number of hydrogen-bond acceptors (Lipinski definition) is 9. The number of thiophene rings is 1. The number of esters is 1. The first-order chi connectivity index (χ1) is 27.8. The Hall–Kier alpha value is -4.68. The number of carbonyl (C=O) groups excluding carboxylic acids is 4. The van der Waals surface area contributed by atoms with Crippen LogP contribution in [0.2, 0.25) is 0 Å². The van der Waals surface area contributed by atoms with Gasteiger partial charge in [-0.05, 0) is 66.3 Å². The van der Waals surface area contributed by atoms with E-state index in [1.54, 1.807) is 18.0 Å². The summed E-state index contributed by atoms with van der Waals surface area (Å²) in [5, 5.41) is 3.63. The van der Waals surface area contributed by atoms with Crippen molar-refractivity contribution in [1.29, 1.82) is 0 Å². The summed E-state index contributed by atoms with van der Waals surface area (Å²) in [6.07, 6.45) is 4.36. The number of methoxy groups -OCH3 is 2. The van der Waals surface area contributed by atoms with Gasteiger partial charge in [0, 0.05) is 69.4 Å². The molecule has 0 saturated carbocycles. The number of carbonyl (C=O) groups is 4. The number of ether oxygens (including phenoxy) is 3. The molecule has 0 spiro atoms. The van der Waals surface area contributed by atoms with Crippen molar-refractivity contribution in [2.24, 2.45) is 5.41 Å². The van der Waals surface area contributed by atoms with E-state index >= 15 is 0 Å². The lowest BCUT2D eigenvalue weighted by atomic mass is 9.76. The van der Waals surface area contributed by atoms with Gasteiger partial charge in [-0.1, -0.05) is 100 Å². The summed E-state index contributed by atoms with van der Waals surface area (Å²) in [5.41, 5.74) is 4.36. The maximum absolute atomic E-state index is 14.7. The molecule has 0 unspecified atom stereocenters. The van der Waals surface area contributed by atoms with Gasteiger partial charge in [0.05, 0.1) is 12.0 Å². The van der Waals surface area contributed by atoms with Crippen LogP contribution >= 0.6 is 11.3 Å². The molecule has 58 heavy (non-hydrogen) atoms. The topological polar surface area (TPSA) is 114 Å². The number of rotatable bonds is 20. The number of fused-ring (bicyclic) bond motifs is 1. The Labute approximate surface area is 347 Å². The predicted octanol–water partition coefficient (Wildman–Crippen LogP) is 8.82. The third-order valence-corrected chi connectivity index (χ3v) is 12.4. The molecule has 0 bridgehead atoms. The number of benzene rings is 3. The zero-order valence-electron chi connectivity index (χ0n) is 35.1. The molecule has 2 amide bonds. The average molecular weight is 810 g/mol. The molecule has 0 aliphatic heterocycles. The third kappa shape index (κ3) is 10.9. The van der Waals surface area contributed by atoms with Gasteiger partial charge in [-0.15, -0.1) is 11.3 Å². The van der Waals surface area contributed by atoms with Crippen molar-refractivity contribution >= 4 is 39.9 Å². The first-order valence-corrected chi connectivity index (χ1v) is 21.1. The van der Waals surface area contributed by atoms with E-state index in [4.69, 9.17) is 14.2 Å². The second-order valence-corrected chi connectivity index (χ2v) is 16.9. The van der Waals surface area contributed by atoms with Crippen molar-refractivity contribution in [3.05, 3.63) is 123 Å². The van der Waals surface area contributed by atoms with Crippen molar-refractivity contribution in [3.63, 3.8) is 0 Å². The summed E-state index contributed by atoms with van der Waals surface area (Å²) in [6.45, 7) is 10.6. The van der Waals surface area contributed by atoms with Crippen molar-refractivity contribution < 1.29 is 33.4 Å². The van der Waals surface area contributed by atoms with Crippen molar-refractivity contribution in [3.8, 4) is 0 Å². The number of hydrogen-bond donors (Lipinski definition) is 1. The maximum Gasteiger partial charge on any atom is 0.306 e. The van der Waals surface area contributed by atoms with Gasteiger partial charge in [0.15, 0.2) is 0 Å². The van der Waals surface area contributed by atoms with E-state index < -0.39 is 11.8 Å². The zero-order valence-corrected chi connectivity index (χ0v) is 35.9. The molecule has 0 saturated heterocycles. The lowest BCUT2D eigenvalue weighted by molar-refractivity contribution is -0.176. The molecule has 0 atom stereocenters. The van der Waals surface area contributed by atoms with Crippen LogP contribution in [0, 0.1) is 5.41 Å². The lowest BCUT2D eigenvalue weighted by Crippen LogP contribution is -2.41. The minimum Gasteiger partial charge on any atom is -0.461 e. The minimum atomic E-state index is -1.69. The molecule has 1 aliphatic carbocycles. The molecule has 4 aromatic rings. The molecule has 11 heteroatoms. The smallest absolute Gasteiger partial charge is 0.306 e. The molecular formula is C47H59N3O7S. The highest BCUT2D eigenvalue weighted by molar-refractivity contribution is 7.17. The third-order valence-electron chi connectivity index (χ3n) is 11.2. The van der Waals surface area contributed by atoms with E-state index in [1.165, 1.54) is 25.6 Å². The number of ketones is 1. The van der Waals surface area contributed by atoms with Gasteiger partial charge in [0.1, 0.15) is 11.6 Å². The van der Waals surface area contributed by atoms with Gasteiger partial charge in [0.25, 0.3) is 11.7 Å². The Kier molecular flexibility index (Phi) is 15.6. The second-order valence-electron chi connectivity index (χ2n) is 15.8. The first-order valence-electron chi connectivity index (χ1n) is 20.3. The SMILES string of the molecule is CCC(CC)N(CCN(C)C(=O)CCC(=O)OCc1ccccc1)Cc1cccc(C(=O)Nc2sc3c(c2C(=O)C(OC)(OC)c2ccccc2)CCC(C)(C)C3)c1. The monoisotopic (exact) mass is 809 g/mol. The largest absolute Gasteiger partial charge is 0.461 e. The summed E-state index contributed by atoms with van der Waals surface area (Å²) in [7, 11) is 4.70. The zero-order chi connectivity index (χ0) is 41.9. The molecule has 1 N–H and O–H groups in total. The van der Waals surface area contributed by atoms with Crippen LogP contribution in [0.4, 0.5) is 5.00 Å². The van der Waals surface area contributed by atoms with Crippen LogP contribution in [0.15, 0.2) is 84.9 Å². The van der Waals surface area contributed by atoms with Gasteiger partial charge >= 0.3 is 5.97 Å². The predicted molar refractivity (Wildman–Crippen MR) is 229 cm³/mol. The van der Waals surface area contributed by atoms with Gasteiger partial charge in [0.2, 0.25) is 11.7 Å². The van der Waals surface area contributed by atoms with Gasteiger partial charge < -0.3 is 24.4 Å². The Balaban J connectivity index is 1.29. The Morgan fingerprint density at radius 2 is 1.52 bits per heavy atom. The summed E-state index contributed by atoms with van der Waals surface area (Å²) in [6, 6.07) is 26.5. The van der Waals surface area contributed by atoms with Crippen molar-refractivity contribution in [2.45, 2.75) is 97.6 Å².